The molecule has 8 nitrogen and oxygen atoms in total. The average Bonchev–Trinajstić information content (AvgIpc) is 2.84. The molecule has 0 aliphatic rings. The van der Waals surface area contributed by atoms with Crippen LogP contribution in [-0.4, -0.2) is 29.9 Å². The van der Waals surface area contributed by atoms with Crippen LogP contribution >= 0.6 is 0 Å². The molecule has 0 saturated carbocycles. The minimum absolute atomic E-state index is 0.145. The lowest BCUT2D eigenvalue weighted by molar-refractivity contribution is -0.140. The van der Waals surface area contributed by atoms with Gasteiger partial charge in [-0.05, 0) is 42.3 Å². The smallest absolute Gasteiger partial charge is 0.343 e. The number of carbonyl (C=O) groups is 1. The number of rotatable bonds is 7. The highest BCUT2D eigenvalue weighted by Crippen LogP contribution is 2.36. The summed E-state index contributed by atoms with van der Waals surface area (Å²) in [7, 11) is 2.77. The minimum Gasteiger partial charge on any atom is -0.507 e. The highest BCUT2D eigenvalue weighted by atomic mass is 16.5. The molecule has 0 aliphatic heterocycles. The Morgan fingerprint density at radius 3 is 2.51 bits per heavy atom. The molecular weight excluding hydrogens is 450 g/mol. The van der Waals surface area contributed by atoms with Crippen LogP contribution in [0.25, 0.3) is 21.9 Å². The van der Waals surface area contributed by atoms with Gasteiger partial charge >= 0.3 is 11.6 Å². The maximum atomic E-state index is 13.8. The standard InChI is InChI=1S/C27H27NO7/c1-15(2)14-28-21-10-9-17(33-3)11-16(21)12-20(26(28)31)19(13-23(29)34-4)24-25(30)18-7-5-6-8-22(18)35-27(24)32/h5-12,15,19,30H,13-14H2,1-4H3. The predicted octanol–water partition coefficient (Wildman–Crippen LogP) is 4.17. The van der Waals surface area contributed by atoms with E-state index in [4.69, 9.17) is 13.9 Å². The number of hydrogen-bond donors (Lipinski definition) is 1. The zero-order valence-corrected chi connectivity index (χ0v) is 20.0. The molecule has 0 saturated heterocycles. The Morgan fingerprint density at radius 1 is 1.09 bits per heavy atom. The van der Waals surface area contributed by atoms with E-state index in [1.54, 1.807) is 60.2 Å². The number of fused-ring (bicyclic) bond motifs is 2. The Labute approximate surface area is 201 Å². The molecule has 0 aliphatic carbocycles. The lowest BCUT2D eigenvalue weighted by Crippen LogP contribution is -2.30. The fourth-order valence-corrected chi connectivity index (χ4v) is 4.38. The zero-order chi connectivity index (χ0) is 25.3. The highest BCUT2D eigenvalue weighted by molar-refractivity contribution is 5.85. The third kappa shape index (κ3) is 4.51. The molecule has 0 bridgehead atoms. The number of aromatic nitrogens is 1. The summed E-state index contributed by atoms with van der Waals surface area (Å²) in [6.45, 7) is 4.40. The summed E-state index contributed by atoms with van der Waals surface area (Å²) < 4.78 is 17.3. The van der Waals surface area contributed by atoms with Gasteiger partial charge in [-0.15, -0.1) is 0 Å². The number of pyridine rings is 1. The number of benzene rings is 2. The topological polar surface area (TPSA) is 108 Å². The second kappa shape index (κ2) is 9.66. The first-order valence-corrected chi connectivity index (χ1v) is 11.3. The van der Waals surface area contributed by atoms with Crippen LogP contribution in [0.2, 0.25) is 0 Å². The van der Waals surface area contributed by atoms with Gasteiger partial charge in [-0.25, -0.2) is 4.79 Å². The van der Waals surface area contributed by atoms with E-state index in [2.05, 4.69) is 0 Å². The Morgan fingerprint density at radius 2 is 1.83 bits per heavy atom. The van der Waals surface area contributed by atoms with Crippen molar-refractivity contribution in [1.29, 1.82) is 0 Å². The van der Waals surface area contributed by atoms with Crippen molar-refractivity contribution in [2.45, 2.75) is 32.7 Å². The van der Waals surface area contributed by atoms with Crippen molar-refractivity contribution in [2.75, 3.05) is 14.2 Å². The second-order valence-electron chi connectivity index (χ2n) is 8.81. The SMILES string of the molecule is COC(=O)CC(c1c(O)c2ccccc2oc1=O)c1cc2cc(OC)ccc2n(CC(C)C)c1=O. The van der Waals surface area contributed by atoms with E-state index in [9.17, 15) is 19.5 Å². The molecule has 182 valence electrons. The summed E-state index contributed by atoms with van der Waals surface area (Å²) in [4.78, 5) is 39.3. The molecule has 35 heavy (non-hydrogen) atoms. The van der Waals surface area contributed by atoms with Crippen LogP contribution in [0.4, 0.5) is 0 Å². The maximum Gasteiger partial charge on any atom is 0.343 e. The van der Waals surface area contributed by atoms with Gasteiger partial charge in [0.25, 0.3) is 5.56 Å². The number of hydrogen-bond acceptors (Lipinski definition) is 7. The van der Waals surface area contributed by atoms with Crippen molar-refractivity contribution < 1.29 is 23.8 Å². The molecule has 1 N–H and O–H groups in total. The summed E-state index contributed by atoms with van der Waals surface area (Å²) in [6, 6.07) is 13.5. The number of aromatic hydroxyl groups is 1. The fraction of sp³-hybridized carbons (Fsp3) is 0.296. The van der Waals surface area contributed by atoms with E-state index in [0.717, 1.165) is 0 Å². The monoisotopic (exact) mass is 477 g/mol. The van der Waals surface area contributed by atoms with Gasteiger partial charge in [-0.2, -0.15) is 0 Å². The summed E-state index contributed by atoms with van der Waals surface area (Å²) in [5.74, 6) is -1.32. The predicted molar refractivity (Wildman–Crippen MR) is 132 cm³/mol. The third-order valence-corrected chi connectivity index (χ3v) is 6.02. The van der Waals surface area contributed by atoms with Crippen LogP contribution in [0.15, 0.2) is 62.5 Å². The van der Waals surface area contributed by atoms with Gasteiger partial charge in [0.15, 0.2) is 0 Å². The molecule has 4 rings (SSSR count). The van der Waals surface area contributed by atoms with Crippen LogP contribution in [0.1, 0.15) is 37.3 Å². The van der Waals surface area contributed by atoms with Gasteiger partial charge in [-0.3, -0.25) is 9.59 Å². The van der Waals surface area contributed by atoms with Gasteiger partial charge in [0.1, 0.15) is 17.1 Å². The number of esters is 1. The number of carbonyl (C=O) groups excluding carboxylic acids is 1. The van der Waals surface area contributed by atoms with Gasteiger partial charge in [0, 0.05) is 23.4 Å². The molecule has 2 aromatic carbocycles. The molecule has 1 atom stereocenters. The summed E-state index contributed by atoms with van der Waals surface area (Å²) >= 11 is 0. The number of para-hydroxylation sites is 1. The van der Waals surface area contributed by atoms with E-state index in [-0.39, 0.29) is 40.4 Å². The van der Waals surface area contributed by atoms with Gasteiger partial charge < -0.3 is 23.6 Å². The Kier molecular flexibility index (Phi) is 6.64. The molecule has 1 unspecified atom stereocenters. The van der Waals surface area contributed by atoms with E-state index in [1.165, 1.54) is 7.11 Å². The first-order chi connectivity index (χ1) is 16.7. The Hall–Kier alpha value is -4.07. The molecule has 2 heterocycles. The van der Waals surface area contributed by atoms with Crippen molar-refractivity contribution in [3.63, 3.8) is 0 Å². The summed E-state index contributed by atoms with van der Waals surface area (Å²) in [6.07, 6.45) is -0.334. The van der Waals surface area contributed by atoms with Crippen molar-refractivity contribution in [1.82, 2.24) is 4.57 Å². The normalized spacial score (nSPS) is 12.3. The van der Waals surface area contributed by atoms with E-state index in [1.807, 2.05) is 13.8 Å². The van der Waals surface area contributed by atoms with Crippen molar-refractivity contribution in [3.8, 4) is 11.5 Å². The largest absolute Gasteiger partial charge is 0.507 e. The third-order valence-electron chi connectivity index (χ3n) is 6.02. The van der Waals surface area contributed by atoms with Crippen LogP contribution in [0.5, 0.6) is 11.5 Å². The maximum absolute atomic E-state index is 13.8. The minimum atomic E-state index is -1.09. The molecule has 0 amide bonds. The quantitative estimate of drug-likeness (QED) is 0.314. The molecule has 0 radical (unpaired) electrons. The molecule has 0 spiro atoms. The molecule has 8 heteroatoms. The average molecular weight is 478 g/mol. The summed E-state index contributed by atoms with van der Waals surface area (Å²) in [5.41, 5.74) is -0.275. The Balaban J connectivity index is 2.07. The summed E-state index contributed by atoms with van der Waals surface area (Å²) in [5, 5.41) is 12.1. The zero-order valence-electron chi connectivity index (χ0n) is 20.0. The first-order valence-electron chi connectivity index (χ1n) is 11.3. The van der Waals surface area contributed by atoms with Crippen LogP contribution in [-0.2, 0) is 16.1 Å². The van der Waals surface area contributed by atoms with Crippen LogP contribution in [0, 0.1) is 5.92 Å². The Bertz CT molecular complexity index is 1530. The number of ether oxygens (including phenoxy) is 2. The van der Waals surface area contributed by atoms with Crippen LogP contribution < -0.4 is 15.9 Å². The first kappa shape index (κ1) is 24.1. The fourth-order valence-electron chi connectivity index (χ4n) is 4.38. The molecule has 2 aromatic heterocycles. The van der Waals surface area contributed by atoms with Gasteiger partial charge in [0.2, 0.25) is 0 Å². The van der Waals surface area contributed by atoms with Crippen LogP contribution in [0.3, 0.4) is 0 Å². The van der Waals surface area contributed by atoms with Crippen molar-refractivity contribution in [2.24, 2.45) is 5.92 Å². The lowest BCUT2D eigenvalue weighted by atomic mass is 9.88. The van der Waals surface area contributed by atoms with E-state index >= 15 is 0 Å². The lowest BCUT2D eigenvalue weighted by Gasteiger charge is -2.21. The van der Waals surface area contributed by atoms with Gasteiger partial charge in [-0.1, -0.05) is 26.0 Å². The van der Waals surface area contributed by atoms with E-state index < -0.39 is 17.5 Å². The number of nitrogens with zero attached hydrogens (tertiary/aromatic N) is 1. The van der Waals surface area contributed by atoms with Crippen molar-refractivity contribution >= 4 is 27.8 Å². The molecular formula is C27H27NO7. The van der Waals surface area contributed by atoms with E-state index in [0.29, 0.717) is 28.6 Å². The van der Waals surface area contributed by atoms with Gasteiger partial charge in [0.05, 0.1) is 37.1 Å². The van der Waals surface area contributed by atoms with Crippen molar-refractivity contribution in [3.05, 3.63) is 80.4 Å². The second-order valence-corrected chi connectivity index (χ2v) is 8.81. The molecule has 4 aromatic rings. The molecule has 0 fully saturated rings. The number of methoxy groups -OCH3 is 2. The highest BCUT2D eigenvalue weighted by Gasteiger charge is 2.30.